The van der Waals surface area contributed by atoms with Crippen molar-refractivity contribution in [3.8, 4) is 0 Å². The van der Waals surface area contributed by atoms with Crippen molar-refractivity contribution in [3.05, 3.63) is 23.8 Å². The number of carboxylic acid groups (broad SMARTS) is 1. The van der Waals surface area contributed by atoms with Crippen LogP contribution in [0.4, 0.5) is 5.69 Å². The van der Waals surface area contributed by atoms with Gasteiger partial charge in [-0.05, 0) is 51.3 Å². The Hall–Kier alpha value is -1.60. The van der Waals surface area contributed by atoms with Crippen molar-refractivity contribution in [1.29, 1.82) is 0 Å². The van der Waals surface area contributed by atoms with Gasteiger partial charge in [-0.1, -0.05) is 13.8 Å². The first-order valence-electron chi connectivity index (χ1n) is 7.57. The first-order valence-corrected chi connectivity index (χ1v) is 9.06. The molecular weight excluding hydrogens is 316 g/mol. The standard InChI is InChI=1S/C16H26N2O4S/c1-11(2)8-9-17-14-7-6-12(10-13(14)15(19)20)23(21,22)18-16(3,4)5/h6-7,10-11,17-18H,8-9H2,1-5H3,(H,19,20). The Morgan fingerprint density at radius 1 is 1.26 bits per heavy atom. The summed E-state index contributed by atoms with van der Waals surface area (Å²) in [7, 11) is -3.77. The van der Waals surface area contributed by atoms with Crippen LogP contribution in [0.25, 0.3) is 0 Å². The molecule has 0 unspecified atom stereocenters. The number of carboxylic acids is 1. The molecule has 0 bridgehead atoms. The van der Waals surface area contributed by atoms with E-state index in [0.717, 1.165) is 6.42 Å². The van der Waals surface area contributed by atoms with Crippen LogP contribution in [0.5, 0.6) is 0 Å². The van der Waals surface area contributed by atoms with Gasteiger partial charge in [0.15, 0.2) is 0 Å². The van der Waals surface area contributed by atoms with E-state index in [0.29, 0.717) is 18.2 Å². The van der Waals surface area contributed by atoms with Gasteiger partial charge in [0, 0.05) is 17.8 Å². The molecule has 7 heteroatoms. The second-order valence-corrected chi connectivity index (χ2v) is 8.66. The molecule has 130 valence electrons. The zero-order valence-electron chi connectivity index (χ0n) is 14.3. The van der Waals surface area contributed by atoms with Crippen LogP contribution in [0, 0.1) is 5.92 Å². The SMILES string of the molecule is CC(C)CCNc1ccc(S(=O)(=O)NC(C)(C)C)cc1C(=O)O. The highest BCUT2D eigenvalue weighted by atomic mass is 32.2. The van der Waals surface area contributed by atoms with E-state index in [9.17, 15) is 18.3 Å². The molecule has 0 aliphatic heterocycles. The van der Waals surface area contributed by atoms with Crippen LogP contribution in [0.1, 0.15) is 51.4 Å². The van der Waals surface area contributed by atoms with Gasteiger partial charge in [-0.25, -0.2) is 17.9 Å². The van der Waals surface area contributed by atoms with Gasteiger partial charge in [0.1, 0.15) is 0 Å². The van der Waals surface area contributed by atoms with E-state index in [-0.39, 0.29) is 10.5 Å². The number of nitrogens with one attached hydrogen (secondary N) is 2. The van der Waals surface area contributed by atoms with Gasteiger partial charge in [0.25, 0.3) is 0 Å². The first kappa shape index (κ1) is 19.4. The average Bonchev–Trinajstić information content (AvgIpc) is 2.35. The molecule has 6 nitrogen and oxygen atoms in total. The lowest BCUT2D eigenvalue weighted by Crippen LogP contribution is -2.40. The minimum Gasteiger partial charge on any atom is -0.478 e. The van der Waals surface area contributed by atoms with Crippen molar-refractivity contribution in [2.75, 3.05) is 11.9 Å². The number of benzene rings is 1. The van der Waals surface area contributed by atoms with Crippen LogP contribution in [0.3, 0.4) is 0 Å². The summed E-state index contributed by atoms with van der Waals surface area (Å²) in [5, 5.41) is 12.4. The van der Waals surface area contributed by atoms with Crippen molar-refractivity contribution in [1.82, 2.24) is 4.72 Å². The van der Waals surface area contributed by atoms with Crippen LogP contribution in [-0.4, -0.2) is 31.6 Å². The zero-order chi connectivity index (χ0) is 17.8. The molecule has 0 aliphatic rings. The summed E-state index contributed by atoms with van der Waals surface area (Å²) >= 11 is 0. The molecule has 1 rings (SSSR count). The molecule has 0 aromatic heterocycles. The topological polar surface area (TPSA) is 95.5 Å². The third-order valence-electron chi connectivity index (χ3n) is 3.01. The lowest BCUT2D eigenvalue weighted by atomic mass is 10.1. The Morgan fingerprint density at radius 2 is 1.87 bits per heavy atom. The Labute approximate surface area is 138 Å². The van der Waals surface area contributed by atoms with E-state index in [4.69, 9.17) is 0 Å². The highest BCUT2D eigenvalue weighted by molar-refractivity contribution is 7.89. The molecule has 0 spiro atoms. The molecule has 3 N–H and O–H groups in total. The maximum atomic E-state index is 12.3. The smallest absolute Gasteiger partial charge is 0.337 e. The number of hydrogen-bond donors (Lipinski definition) is 3. The first-order chi connectivity index (χ1) is 10.4. The maximum absolute atomic E-state index is 12.3. The highest BCUT2D eigenvalue weighted by Gasteiger charge is 2.24. The summed E-state index contributed by atoms with van der Waals surface area (Å²) in [5.41, 5.74) is -0.269. The molecule has 0 aliphatic carbocycles. The molecule has 0 heterocycles. The van der Waals surface area contributed by atoms with Crippen molar-refractivity contribution in [3.63, 3.8) is 0 Å². The maximum Gasteiger partial charge on any atom is 0.337 e. The molecule has 0 saturated carbocycles. The van der Waals surface area contributed by atoms with Gasteiger partial charge >= 0.3 is 5.97 Å². The third-order valence-corrected chi connectivity index (χ3v) is 4.77. The summed E-state index contributed by atoms with van der Waals surface area (Å²) in [4.78, 5) is 11.4. The van der Waals surface area contributed by atoms with Crippen molar-refractivity contribution in [2.45, 2.75) is 51.5 Å². The molecule has 0 saturated heterocycles. The Balaban J connectivity index is 3.11. The predicted octanol–water partition coefficient (Wildman–Crippen LogP) is 2.92. The minimum atomic E-state index is -3.77. The summed E-state index contributed by atoms with van der Waals surface area (Å²) in [6.45, 7) is 9.96. The normalized spacial score (nSPS) is 12.4. The fourth-order valence-corrected chi connectivity index (χ4v) is 3.42. The van der Waals surface area contributed by atoms with E-state index in [1.54, 1.807) is 20.8 Å². The van der Waals surface area contributed by atoms with Crippen molar-refractivity contribution >= 4 is 21.7 Å². The lowest BCUT2D eigenvalue weighted by Gasteiger charge is -2.21. The van der Waals surface area contributed by atoms with Gasteiger partial charge in [-0.15, -0.1) is 0 Å². The van der Waals surface area contributed by atoms with E-state index < -0.39 is 21.5 Å². The van der Waals surface area contributed by atoms with Crippen LogP contribution in [-0.2, 0) is 10.0 Å². The van der Waals surface area contributed by atoms with Gasteiger partial charge in [0.05, 0.1) is 10.5 Å². The van der Waals surface area contributed by atoms with Crippen molar-refractivity contribution < 1.29 is 18.3 Å². The van der Waals surface area contributed by atoms with Crippen LogP contribution < -0.4 is 10.0 Å². The Morgan fingerprint density at radius 3 is 2.35 bits per heavy atom. The van der Waals surface area contributed by atoms with Gasteiger partial charge in [-0.2, -0.15) is 0 Å². The van der Waals surface area contributed by atoms with Gasteiger partial charge in [0.2, 0.25) is 10.0 Å². The van der Waals surface area contributed by atoms with Crippen LogP contribution in [0.15, 0.2) is 23.1 Å². The largest absolute Gasteiger partial charge is 0.478 e. The number of sulfonamides is 1. The Bertz CT molecular complexity index is 661. The predicted molar refractivity (Wildman–Crippen MR) is 91.4 cm³/mol. The van der Waals surface area contributed by atoms with E-state index in [1.165, 1.54) is 18.2 Å². The molecule has 0 radical (unpaired) electrons. The van der Waals surface area contributed by atoms with Gasteiger partial charge < -0.3 is 10.4 Å². The molecule has 0 amide bonds. The Kier molecular flexibility index (Phi) is 6.18. The molecule has 1 aromatic rings. The second-order valence-electron chi connectivity index (χ2n) is 6.98. The summed E-state index contributed by atoms with van der Waals surface area (Å²) in [5.74, 6) is -0.670. The second kappa shape index (κ2) is 7.31. The van der Waals surface area contributed by atoms with E-state index >= 15 is 0 Å². The molecular formula is C16H26N2O4S. The minimum absolute atomic E-state index is 0.0504. The molecule has 1 aromatic carbocycles. The molecule has 23 heavy (non-hydrogen) atoms. The number of anilines is 1. The summed E-state index contributed by atoms with van der Waals surface area (Å²) in [6.07, 6.45) is 0.894. The van der Waals surface area contributed by atoms with Gasteiger partial charge in [-0.3, -0.25) is 0 Å². The molecule has 0 fully saturated rings. The van der Waals surface area contributed by atoms with Crippen molar-refractivity contribution in [2.24, 2.45) is 5.92 Å². The summed E-state index contributed by atoms with van der Waals surface area (Å²) in [6, 6.07) is 4.10. The number of carbonyl (C=O) groups is 1. The highest BCUT2D eigenvalue weighted by Crippen LogP contribution is 2.22. The number of rotatable bonds is 7. The lowest BCUT2D eigenvalue weighted by molar-refractivity contribution is 0.0697. The quantitative estimate of drug-likeness (QED) is 0.708. The number of aromatic carboxylic acids is 1. The molecule has 0 atom stereocenters. The monoisotopic (exact) mass is 342 g/mol. The fourth-order valence-electron chi connectivity index (χ4n) is 1.98. The van der Waals surface area contributed by atoms with Crippen LogP contribution >= 0.6 is 0 Å². The third kappa shape index (κ3) is 6.19. The number of hydrogen-bond acceptors (Lipinski definition) is 4. The van der Waals surface area contributed by atoms with E-state index in [2.05, 4.69) is 23.9 Å². The summed E-state index contributed by atoms with van der Waals surface area (Å²) < 4.78 is 27.1. The van der Waals surface area contributed by atoms with Crippen LogP contribution in [0.2, 0.25) is 0 Å². The fraction of sp³-hybridized carbons (Fsp3) is 0.562. The average molecular weight is 342 g/mol. The van der Waals surface area contributed by atoms with E-state index in [1.807, 2.05) is 0 Å². The zero-order valence-corrected chi connectivity index (χ0v) is 15.1.